The molecule has 2 unspecified atom stereocenters. The summed E-state index contributed by atoms with van der Waals surface area (Å²) in [5, 5.41) is 2.85. The van der Waals surface area contributed by atoms with Gasteiger partial charge in [-0.25, -0.2) is 12.8 Å². The first-order valence-corrected chi connectivity index (χ1v) is 11.2. The largest absolute Gasteiger partial charge is 0.497 e. The van der Waals surface area contributed by atoms with Crippen LogP contribution in [0.5, 0.6) is 11.5 Å². The van der Waals surface area contributed by atoms with Crippen LogP contribution in [0.1, 0.15) is 31.9 Å². The first-order chi connectivity index (χ1) is 14.1. The van der Waals surface area contributed by atoms with Crippen LogP contribution in [0.25, 0.3) is 0 Å². The Morgan fingerprint density at radius 3 is 2.27 bits per heavy atom. The van der Waals surface area contributed by atoms with E-state index >= 15 is 0 Å². The van der Waals surface area contributed by atoms with Crippen molar-refractivity contribution in [3.05, 3.63) is 53.8 Å². The van der Waals surface area contributed by atoms with E-state index in [4.69, 9.17) is 9.47 Å². The molecule has 7 nitrogen and oxygen atoms in total. The second kappa shape index (κ2) is 9.80. The van der Waals surface area contributed by atoms with E-state index in [2.05, 4.69) is 5.32 Å². The van der Waals surface area contributed by atoms with Crippen LogP contribution in [0.15, 0.2) is 42.5 Å². The number of sulfonamides is 1. The lowest BCUT2D eigenvalue weighted by Gasteiger charge is -2.31. The van der Waals surface area contributed by atoms with Gasteiger partial charge in [-0.15, -0.1) is 0 Å². The molecule has 0 aliphatic heterocycles. The predicted octanol–water partition coefficient (Wildman–Crippen LogP) is 3.26. The zero-order valence-electron chi connectivity index (χ0n) is 17.7. The molecular formula is C21H27FN2O5S. The summed E-state index contributed by atoms with van der Waals surface area (Å²) in [5.41, 5.74) is 0.903. The van der Waals surface area contributed by atoms with Crippen LogP contribution < -0.4 is 19.1 Å². The molecule has 164 valence electrons. The highest BCUT2D eigenvalue weighted by Crippen LogP contribution is 2.30. The monoisotopic (exact) mass is 438 g/mol. The molecule has 0 heterocycles. The van der Waals surface area contributed by atoms with Crippen molar-refractivity contribution in [1.82, 2.24) is 5.32 Å². The lowest BCUT2D eigenvalue weighted by molar-refractivity contribution is -0.122. The Bertz CT molecular complexity index is 979. The number of ether oxygens (including phenoxy) is 2. The molecule has 0 aliphatic rings. The maximum absolute atomic E-state index is 13.3. The van der Waals surface area contributed by atoms with Crippen molar-refractivity contribution in [1.29, 1.82) is 0 Å². The van der Waals surface area contributed by atoms with Gasteiger partial charge in [0.05, 0.1) is 32.2 Å². The number of hydrogen-bond donors (Lipinski definition) is 1. The third-order valence-electron chi connectivity index (χ3n) is 4.67. The minimum Gasteiger partial charge on any atom is -0.497 e. The molecule has 0 aliphatic carbocycles. The minimum atomic E-state index is -3.81. The molecule has 2 aromatic rings. The summed E-state index contributed by atoms with van der Waals surface area (Å²) < 4.78 is 49.9. The Hall–Kier alpha value is -2.81. The van der Waals surface area contributed by atoms with Crippen LogP contribution in [0, 0.1) is 5.82 Å². The Balaban J connectivity index is 2.35. The van der Waals surface area contributed by atoms with Crippen LogP contribution in [0.3, 0.4) is 0 Å². The summed E-state index contributed by atoms with van der Waals surface area (Å²) in [5.74, 6) is 0.186. The van der Waals surface area contributed by atoms with Gasteiger partial charge in [0.25, 0.3) is 0 Å². The van der Waals surface area contributed by atoms with Gasteiger partial charge in [0.2, 0.25) is 15.9 Å². The van der Waals surface area contributed by atoms with Gasteiger partial charge >= 0.3 is 0 Å². The summed E-state index contributed by atoms with van der Waals surface area (Å²) in [4.78, 5) is 13.1. The number of rotatable bonds is 9. The van der Waals surface area contributed by atoms with Crippen LogP contribution in [-0.2, 0) is 14.8 Å². The molecule has 0 fully saturated rings. The second-order valence-electron chi connectivity index (χ2n) is 6.80. The first kappa shape index (κ1) is 23.5. The first-order valence-electron chi connectivity index (χ1n) is 9.39. The lowest BCUT2D eigenvalue weighted by atomic mass is 10.1. The molecule has 0 saturated heterocycles. The highest BCUT2D eigenvalue weighted by Gasteiger charge is 2.32. The van der Waals surface area contributed by atoms with Gasteiger partial charge in [-0.2, -0.15) is 0 Å². The highest BCUT2D eigenvalue weighted by atomic mass is 32.2. The van der Waals surface area contributed by atoms with Gasteiger partial charge in [0.1, 0.15) is 23.4 Å². The maximum atomic E-state index is 13.3. The summed E-state index contributed by atoms with van der Waals surface area (Å²) in [6.45, 7) is 3.48. The molecule has 9 heteroatoms. The molecule has 0 saturated carbocycles. The predicted molar refractivity (Wildman–Crippen MR) is 114 cm³/mol. The van der Waals surface area contributed by atoms with E-state index in [9.17, 15) is 17.6 Å². The molecule has 0 aromatic heterocycles. The number of amides is 1. The summed E-state index contributed by atoms with van der Waals surface area (Å²) >= 11 is 0. The van der Waals surface area contributed by atoms with Crippen molar-refractivity contribution in [2.45, 2.75) is 32.4 Å². The van der Waals surface area contributed by atoms with Crippen molar-refractivity contribution in [3.8, 4) is 11.5 Å². The zero-order chi connectivity index (χ0) is 22.5. The number of carbonyl (C=O) groups is 1. The third-order valence-corrected chi connectivity index (χ3v) is 5.85. The summed E-state index contributed by atoms with van der Waals surface area (Å²) in [6, 6.07) is 8.71. The number of benzene rings is 2. The molecular weight excluding hydrogens is 411 g/mol. The molecule has 2 rings (SSSR count). The normalized spacial score (nSPS) is 13.3. The number of nitrogens with one attached hydrogen (secondary N) is 1. The molecule has 0 radical (unpaired) electrons. The maximum Gasteiger partial charge on any atom is 0.244 e. The topological polar surface area (TPSA) is 84.9 Å². The van der Waals surface area contributed by atoms with Gasteiger partial charge < -0.3 is 14.8 Å². The van der Waals surface area contributed by atoms with Crippen molar-refractivity contribution in [3.63, 3.8) is 0 Å². The van der Waals surface area contributed by atoms with Crippen LogP contribution in [0.4, 0.5) is 10.1 Å². The van der Waals surface area contributed by atoms with Crippen LogP contribution in [-0.4, -0.2) is 40.8 Å². The molecule has 2 aromatic carbocycles. The number of anilines is 1. The molecule has 1 N–H and O–H groups in total. The standard InChI is InChI=1S/C21H27FN2O5S/c1-6-19(24(30(5,26)27)16-9-7-15(22)8-10-16)21(25)23-14(2)18-13-17(28-3)11-12-20(18)29-4/h7-14,19H,6H2,1-5H3,(H,23,25). The summed E-state index contributed by atoms with van der Waals surface area (Å²) in [6.07, 6.45) is 1.24. The molecule has 2 atom stereocenters. The zero-order valence-corrected chi connectivity index (χ0v) is 18.5. The van der Waals surface area contributed by atoms with E-state index in [1.165, 1.54) is 26.4 Å². The highest BCUT2D eigenvalue weighted by molar-refractivity contribution is 7.92. The Kier molecular flexibility index (Phi) is 7.66. The fourth-order valence-corrected chi connectivity index (χ4v) is 4.43. The molecule has 0 spiro atoms. The third kappa shape index (κ3) is 5.41. The van der Waals surface area contributed by atoms with Gasteiger partial charge in [-0.3, -0.25) is 9.10 Å². The molecule has 0 bridgehead atoms. The van der Waals surface area contributed by atoms with E-state index in [-0.39, 0.29) is 12.1 Å². The minimum absolute atomic E-state index is 0.215. The van der Waals surface area contributed by atoms with E-state index in [1.54, 1.807) is 32.0 Å². The lowest BCUT2D eigenvalue weighted by Crippen LogP contribution is -2.49. The van der Waals surface area contributed by atoms with E-state index in [0.29, 0.717) is 17.1 Å². The quantitative estimate of drug-likeness (QED) is 0.650. The second-order valence-corrected chi connectivity index (χ2v) is 8.66. The van der Waals surface area contributed by atoms with Gasteiger partial charge in [-0.1, -0.05) is 6.92 Å². The fraction of sp³-hybridized carbons (Fsp3) is 0.381. The molecule has 1 amide bonds. The Labute approximate surface area is 176 Å². The van der Waals surface area contributed by atoms with Crippen LogP contribution in [0.2, 0.25) is 0 Å². The average Bonchev–Trinajstić information content (AvgIpc) is 2.71. The number of methoxy groups -OCH3 is 2. The fourth-order valence-electron chi connectivity index (χ4n) is 3.21. The average molecular weight is 439 g/mol. The number of nitrogens with zero attached hydrogens (tertiary/aromatic N) is 1. The Morgan fingerprint density at radius 1 is 1.13 bits per heavy atom. The number of hydrogen-bond acceptors (Lipinski definition) is 5. The van der Waals surface area contributed by atoms with Crippen molar-refractivity contribution in [2.24, 2.45) is 0 Å². The van der Waals surface area contributed by atoms with Crippen molar-refractivity contribution >= 4 is 21.6 Å². The smallest absolute Gasteiger partial charge is 0.244 e. The van der Waals surface area contributed by atoms with Gasteiger partial charge in [-0.05, 0) is 55.8 Å². The molecule has 30 heavy (non-hydrogen) atoms. The van der Waals surface area contributed by atoms with E-state index in [1.807, 2.05) is 0 Å². The number of carbonyl (C=O) groups excluding carboxylic acids is 1. The van der Waals surface area contributed by atoms with Gasteiger partial charge in [0.15, 0.2) is 0 Å². The van der Waals surface area contributed by atoms with E-state index < -0.39 is 33.8 Å². The SMILES string of the molecule is CCC(C(=O)NC(C)c1cc(OC)ccc1OC)N(c1ccc(F)cc1)S(C)(=O)=O. The number of halogens is 1. The van der Waals surface area contributed by atoms with Crippen molar-refractivity contribution < 1.29 is 27.1 Å². The van der Waals surface area contributed by atoms with Crippen molar-refractivity contribution in [2.75, 3.05) is 24.8 Å². The van der Waals surface area contributed by atoms with Gasteiger partial charge in [0, 0.05) is 5.56 Å². The van der Waals surface area contributed by atoms with E-state index in [0.717, 1.165) is 22.7 Å². The Morgan fingerprint density at radius 2 is 1.77 bits per heavy atom. The van der Waals surface area contributed by atoms with Crippen LogP contribution >= 0.6 is 0 Å². The summed E-state index contributed by atoms with van der Waals surface area (Å²) in [7, 11) is -0.747.